The van der Waals surface area contributed by atoms with Crippen LogP contribution in [0.5, 0.6) is 0 Å². The molecule has 2 aromatic rings. The molecule has 0 radical (unpaired) electrons. The first-order valence-corrected chi connectivity index (χ1v) is 5.55. The van der Waals surface area contributed by atoms with Crippen LogP contribution in [0.15, 0.2) is 24.5 Å². The van der Waals surface area contributed by atoms with E-state index in [1.54, 1.807) is 23.0 Å². The molecule has 7 heteroatoms. The molecule has 2 rings (SSSR count). The first kappa shape index (κ1) is 12.4. The summed E-state index contributed by atoms with van der Waals surface area (Å²) in [6, 6.07) is 4.69. The van der Waals surface area contributed by atoms with Gasteiger partial charge in [-0.05, 0) is 18.2 Å². The first-order valence-electron chi connectivity index (χ1n) is 5.17. The van der Waals surface area contributed by atoms with Gasteiger partial charge in [-0.15, -0.1) is 10.2 Å². The molecule has 6 nitrogen and oxygen atoms in total. The minimum atomic E-state index is -1.04. The van der Waals surface area contributed by atoms with Gasteiger partial charge in [-0.3, -0.25) is 0 Å². The Hall–Kier alpha value is -2.08. The summed E-state index contributed by atoms with van der Waals surface area (Å²) in [6.07, 6.45) is 1.61. The maximum atomic E-state index is 10.8. The number of benzene rings is 1. The number of hydrogen-bond donors (Lipinski definition) is 2. The van der Waals surface area contributed by atoms with E-state index in [-0.39, 0.29) is 10.6 Å². The maximum absolute atomic E-state index is 10.8. The molecule has 0 bridgehead atoms. The van der Waals surface area contributed by atoms with Crippen molar-refractivity contribution in [3.63, 3.8) is 0 Å². The Labute approximate surface area is 108 Å². The third kappa shape index (κ3) is 2.60. The number of nitrogens with one attached hydrogen (secondary N) is 1. The molecule has 18 heavy (non-hydrogen) atoms. The van der Waals surface area contributed by atoms with Crippen molar-refractivity contribution in [2.75, 3.05) is 5.32 Å². The number of anilines is 1. The number of carboxylic acids is 1. The van der Waals surface area contributed by atoms with E-state index in [1.165, 1.54) is 6.07 Å². The van der Waals surface area contributed by atoms with Crippen LogP contribution >= 0.6 is 11.6 Å². The van der Waals surface area contributed by atoms with Crippen molar-refractivity contribution in [1.82, 2.24) is 14.8 Å². The molecule has 1 aromatic heterocycles. The molecule has 0 spiro atoms. The quantitative estimate of drug-likeness (QED) is 0.882. The van der Waals surface area contributed by atoms with E-state index in [9.17, 15) is 4.79 Å². The first-order chi connectivity index (χ1) is 8.58. The van der Waals surface area contributed by atoms with E-state index >= 15 is 0 Å². The summed E-state index contributed by atoms with van der Waals surface area (Å²) in [6.45, 7) is 0.485. The number of halogens is 1. The van der Waals surface area contributed by atoms with E-state index in [1.807, 2.05) is 7.05 Å². The molecule has 0 saturated carbocycles. The molecule has 0 saturated heterocycles. The van der Waals surface area contributed by atoms with Crippen molar-refractivity contribution in [3.05, 3.63) is 40.9 Å². The largest absolute Gasteiger partial charge is 0.478 e. The van der Waals surface area contributed by atoms with Crippen LogP contribution in [0.25, 0.3) is 0 Å². The monoisotopic (exact) mass is 266 g/mol. The van der Waals surface area contributed by atoms with Crippen LogP contribution in [0.4, 0.5) is 5.69 Å². The van der Waals surface area contributed by atoms with E-state index in [0.717, 1.165) is 11.5 Å². The fraction of sp³-hybridized carbons (Fsp3) is 0.182. The van der Waals surface area contributed by atoms with Gasteiger partial charge < -0.3 is 15.0 Å². The number of rotatable bonds is 4. The fourth-order valence-corrected chi connectivity index (χ4v) is 1.71. The predicted molar refractivity (Wildman–Crippen MR) is 66.7 cm³/mol. The second-order valence-electron chi connectivity index (χ2n) is 3.71. The summed E-state index contributed by atoms with van der Waals surface area (Å²) in [5.74, 6) is -0.270. The molecule has 0 atom stereocenters. The zero-order chi connectivity index (χ0) is 13.1. The molecule has 94 valence electrons. The second kappa shape index (κ2) is 5.05. The highest BCUT2D eigenvalue weighted by molar-refractivity contribution is 6.33. The number of carboxylic acid groups (broad SMARTS) is 1. The van der Waals surface area contributed by atoms with Gasteiger partial charge >= 0.3 is 5.97 Å². The van der Waals surface area contributed by atoms with Gasteiger partial charge in [-0.2, -0.15) is 0 Å². The summed E-state index contributed by atoms with van der Waals surface area (Å²) < 4.78 is 1.79. The summed E-state index contributed by atoms with van der Waals surface area (Å²) in [5, 5.41) is 19.8. The zero-order valence-electron chi connectivity index (χ0n) is 9.59. The second-order valence-corrected chi connectivity index (χ2v) is 4.12. The number of aryl methyl sites for hydroxylation is 1. The van der Waals surface area contributed by atoms with Crippen LogP contribution in [0.3, 0.4) is 0 Å². The van der Waals surface area contributed by atoms with E-state index in [0.29, 0.717) is 6.54 Å². The smallest absolute Gasteiger partial charge is 0.337 e. The highest BCUT2D eigenvalue weighted by atomic mass is 35.5. The maximum Gasteiger partial charge on any atom is 0.337 e. The van der Waals surface area contributed by atoms with Gasteiger partial charge in [0.15, 0.2) is 5.82 Å². The Morgan fingerprint density at radius 3 is 2.89 bits per heavy atom. The Balaban J connectivity index is 2.09. The van der Waals surface area contributed by atoms with Gasteiger partial charge in [-0.25, -0.2) is 4.79 Å². The van der Waals surface area contributed by atoms with Crippen molar-refractivity contribution >= 4 is 23.3 Å². The average Bonchev–Trinajstić information content (AvgIpc) is 2.72. The van der Waals surface area contributed by atoms with Gasteiger partial charge in [-0.1, -0.05) is 11.6 Å². The Morgan fingerprint density at radius 2 is 2.33 bits per heavy atom. The Kier molecular flexibility index (Phi) is 3.47. The summed E-state index contributed by atoms with van der Waals surface area (Å²) in [7, 11) is 1.84. The van der Waals surface area contributed by atoms with Crippen molar-refractivity contribution in [2.45, 2.75) is 6.54 Å². The van der Waals surface area contributed by atoms with Crippen LogP contribution in [0.2, 0.25) is 5.02 Å². The predicted octanol–water partition coefficient (Wildman–Crippen LogP) is 1.78. The number of aromatic nitrogens is 3. The van der Waals surface area contributed by atoms with Crippen LogP contribution in [0.1, 0.15) is 16.2 Å². The van der Waals surface area contributed by atoms with Crippen molar-refractivity contribution in [1.29, 1.82) is 0 Å². The molecule has 1 heterocycles. The van der Waals surface area contributed by atoms with Crippen molar-refractivity contribution < 1.29 is 9.90 Å². The molecule has 0 amide bonds. The van der Waals surface area contributed by atoms with Crippen molar-refractivity contribution in [3.8, 4) is 0 Å². The summed E-state index contributed by atoms with van der Waals surface area (Å²) >= 11 is 5.86. The number of hydrogen-bond acceptors (Lipinski definition) is 4. The molecule has 0 fully saturated rings. The molecule has 0 unspecified atom stereocenters. The molecular formula is C11H11ClN4O2. The fourth-order valence-electron chi connectivity index (χ4n) is 1.45. The SMILES string of the molecule is Cn1cnnc1CNc1ccc(C(=O)O)c(Cl)c1. The van der Waals surface area contributed by atoms with Crippen LogP contribution in [-0.4, -0.2) is 25.8 Å². The highest BCUT2D eigenvalue weighted by Gasteiger charge is 2.09. The lowest BCUT2D eigenvalue weighted by Gasteiger charge is -2.07. The number of aromatic carboxylic acids is 1. The molecule has 0 aliphatic rings. The van der Waals surface area contributed by atoms with E-state index < -0.39 is 5.97 Å². The van der Waals surface area contributed by atoms with Gasteiger partial charge in [0.25, 0.3) is 0 Å². The molecule has 2 N–H and O–H groups in total. The lowest BCUT2D eigenvalue weighted by molar-refractivity contribution is 0.0697. The number of carbonyl (C=O) groups is 1. The van der Waals surface area contributed by atoms with Gasteiger partial charge in [0.05, 0.1) is 17.1 Å². The molecule has 0 aliphatic heterocycles. The van der Waals surface area contributed by atoms with E-state index in [2.05, 4.69) is 15.5 Å². The normalized spacial score (nSPS) is 10.3. The Bertz CT molecular complexity index is 582. The van der Waals surface area contributed by atoms with Gasteiger partial charge in [0.1, 0.15) is 6.33 Å². The van der Waals surface area contributed by atoms with Gasteiger partial charge in [0.2, 0.25) is 0 Å². The van der Waals surface area contributed by atoms with Gasteiger partial charge in [0, 0.05) is 12.7 Å². The van der Waals surface area contributed by atoms with Crippen molar-refractivity contribution in [2.24, 2.45) is 7.05 Å². The molecule has 1 aromatic carbocycles. The zero-order valence-corrected chi connectivity index (χ0v) is 10.3. The molecular weight excluding hydrogens is 256 g/mol. The number of nitrogens with zero attached hydrogens (tertiary/aromatic N) is 3. The van der Waals surface area contributed by atoms with E-state index in [4.69, 9.17) is 16.7 Å². The minimum Gasteiger partial charge on any atom is -0.478 e. The standard InChI is InChI=1S/C11H11ClN4O2/c1-16-6-14-15-10(16)5-13-7-2-3-8(11(17)18)9(12)4-7/h2-4,6,13H,5H2,1H3,(H,17,18). The lowest BCUT2D eigenvalue weighted by atomic mass is 10.2. The Morgan fingerprint density at radius 1 is 1.56 bits per heavy atom. The third-order valence-corrected chi connectivity index (χ3v) is 2.77. The van der Waals surface area contributed by atoms with Crippen LogP contribution in [0, 0.1) is 0 Å². The topological polar surface area (TPSA) is 80.0 Å². The van der Waals surface area contributed by atoms with Crippen LogP contribution < -0.4 is 5.32 Å². The minimum absolute atomic E-state index is 0.0841. The third-order valence-electron chi connectivity index (χ3n) is 2.46. The summed E-state index contributed by atoms with van der Waals surface area (Å²) in [4.78, 5) is 10.8. The highest BCUT2D eigenvalue weighted by Crippen LogP contribution is 2.21. The summed E-state index contributed by atoms with van der Waals surface area (Å²) in [5.41, 5.74) is 0.814. The molecule has 0 aliphatic carbocycles. The average molecular weight is 267 g/mol. The van der Waals surface area contributed by atoms with Crippen LogP contribution in [-0.2, 0) is 13.6 Å². The lowest BCUT2D eigenvalue weighted by Crippen LogP contribution is -2.06.